The molecule has 1 aliphatic rings. The highest BCUT2D eigenvalue weighted by Crippen LogP contribution is 2.22. The maximum atomic E-state index is 12.8. The van der Waals surface area contributed by atoms with Gasteiger partial charge in [0.2, 0.25) is 11.0 Å². The lowest BCUT2D eigenvalue weighted by Crippen LogP contribution is -2.41. The van der Waals surface area contributed by atoms with Gasteiger partial charge in [0.05, 0.1) is 13.7 Å². The molecule has 0 unspecified atom stereocenters. The zero-order valence-electron chi connectivity index (χ0n) is 19.8. The number of carbonyl (C=O) groups is 1. The minimum atomic E-state index is 0.0116. The van der Waals surface area contributed by atoms with Crippen LogP contribution in [0.3, 0.4) is 0 Å². The monoisotopic (exact) mass is 479 g/mol. The van der Waals surface area contributed by atoms with Crippen LogP contribution >= 0.6 is 11.5 Å². The van der Waals surface area contributed by atoms with Gasteiger partial charge in [-0.3, -0.25) is 4.79 Å². The molecule has 1 N–H and O–H groups in total. The number of amides is 1. The van der Waals surface area contributed by atoms with E-state index in [0.717, 1.165) is 47.5 Å². The minimum absolute atomic E-state index is 0.0116. The number of methoxy groups -OCH3 is 1. The third kappa shape index (κ3) is 7.27. The highest BCUT2D eigenvalue weighted by Gasteiger charge is 2.18. The number of aromatic nitrogens is 2. The standard InChI is InChI=1S/C26H33N5O2S/c1-33-23-12-8-11-22(17-23)18-24-28-26(34-29-24)31(19-21-9-4-2-5-10-21)20-25(32)27-13-16-30-14-6-3-7-15-30/h2,4-5,8-12,17H,3,6-7,13-16,18-20H2,1H3,(H,27,32). The molecule has 4 rings (SSSR count). The summed E-state index contributed by atoms with van der Waals surface area (Å²) in [4.78, 5) is 22.0. The number of hydrogen-bond acceptors (Lipinski definition) is 7. The van der Waals surface area contributed by atoms with Crippen molar-refractivity contribution < 1.29 is 9.53 Å². The third-order valence-electron chi connectivity index (χ3n) is 5.97. The Labute approximate surface area is 205 Å². The fourth-order valence-electron chi connectivity index (χ4n) is 4.17. The van der Waals surface area contributed by atoms with Crippen LogP contribution in [0.25, 0.3) is 0 Å². The van der Waals surface area contributed by atoms with Gasteiger partial charge in [-0.25, -0.2) is 4.98 Å². The van der Waals surface area contributed by atoms with Crippen LogP contribution in [-0.2, 0) is 17.8 Å². The zero-order valence-corrected chi connectivity index (χ0v) is 20.6. The molecule has 7 nitrogen and oxygen atoms in total. The normalized spacial score (nSPS) is 14.0. The van der Waals surface area contributed by atoms with Crippen molar-refractivity contribution in [3.63, 3.8) is 0 Å². The van der Waals surface area contributed by atoms with Gasteiger partial charge in [0, 0.05) is 37.6 Å². The molecule has 1 aromatic heterocycles. The van der Waals surface area contributed by atoms with Gasteiger partial charge in [-0.05, 0) is 49.2 Å². The number of nitrogens with one attached hydrogen (secondary N) is 1. The molecular formula is C26H33N5O2S. The average Bonchev–Trinajstić information content (AvgIpc) is 3.33. The number of benzene rings is 2. The van der Waals surface area contributed by atoms with E-state index in [9.17, 15) is 4.79 Å². The first kappa shape index (κ1) is 24.2. The molecule has 2 aromatic carbocycles. The van der Waals surface area contributed by atoms with Crippen LogP contribution in [0.2, 0.25) is 0 Å². The van der Waals surface area contributed by atoms with E-state index in [0.29, 0.717) is 19.5 Å². The summed E-state index contributed by atoms with van der Waals surface area (Å²) in [6.45, 7) is 4.72. The molecule has 0 aliphatic carbocycles. The molecule has 8 heteroatoms. The van der Waals surface area contributed by atoms with Crippen molar-refractivity contribution >= 4 is 22.6 Å². The van der Waals surface area contributed by atoms with Gasteiger partial charge in [-0.2, -0.15) is 4.37 Å². The largest absolute Gasteiger partial charge is 0.497 e. The molecule has 34 heavy (non-hydrogen) atoms. The maximum Gasteiger partial charge on any atom is 0.239 e. The van der Waals surface area contributed by atoms with Crippen molar-refractivity contribution in [3.05, 3.63) is 71.5 Å². The Bertz CT molecular complexity index is 1040. The van der Waals surface area contributed by atoms with E-state index in [1.165, 1.54) is 30.8 Å². The smallest absolute Gasteiger partial charge is 0.239 e. The summed E-state index contributed by atoms with van der Waals surface area (Å²) in [6.07, 6.45) is 4.45. The molecule has 0 saturated carbocycles. The first-order valence-electron chi connectivity index (χ1n) is 11.9. The van der Waals surface area contributed by atoms with Crippen LogP contribution in [-0.4, -0.2) is 60.0 Å². The van der Waals surface area contributed by atoms with E-state index in [4.69, 9.17) is 9.72 Å². The van der Waals surface area contributed by atoms with Crippen LogP contribution in [0.1, 0.15) is 36.2 Å². The number of hydrogen-bond donors (Lipinski definition) is 1. The van der Waals surface area contributed by atoms with Gasteiger partial charge in [0.25, 0.3) is 0 Å². The summed E-state index contributed by atoms with van der Waals surface area (Å²) in [7, 11) is 1.66. The number of piperidine rings is 1. The van der Waals surface area contributed by atoms with E-state index in [1.54, 1.807) is 7.11 Å². The third-order valence-corrected chi connectivity index (χ3v) is 6.79. The Kier molecular flexibility index (Phi) is 8.87. The molecule has 1 aliphatic heterocycles. The molecule has 180 valence electrons. The summed E-state index contributed by atoms with van der Waals surface area (Å²) >= 11 is 1.34. The van der Waals surface area contributed by atoms with Crippen molar-refractivity contribution in [1.82, 2.24) is 19.6 Å². The summed E-state index contributed by atoms with van der Waals surface area (Å²) < 4.78 is 9.89. The van der Waals surface area contributed by atoms with Crippen LogP contribution < -0.4 is 15.0 Å². The van der Waals surface area contributed by atoms with Gasteiger partial charge in [0.1, 0.15) is 11.6 Å². The van der Waals surface area contributed by atoms with E-state index >= 15 is 0 Å². The quantitative estimate of drug-likeness (QED) is 0.452. The molecule has 1 fully saturated rings. The minimum Gasteiger partial charge on any atom is -0.497 e. The number of rotatable bonds is 11. The molecule has 0 radical (unpaired) electrons. The summed E-state index contributed by atoms with van der Waals surface area (Å²) in [6, 6.07) is 18.1. The number of ether oxygens (including phenoxy) is 1. The molecule has 1 saturated heterocycles. The lowest BCUT2D eigenvalue weighted by Gasteiger charge is -2.26. The Morgan fingerprint density at radius 1 is 1.09 bits per heavy atom. The second-order valence-corrected chi connectivity index (χ2v) is 9.35. The van der Waals surface area contributed by atoms with Gasteiger partial charge in [-0.15, -0.1) is 0 Å². The van der Waals surface area contributed by atoms with Gasteiger partial charge >= 0.3 is 0 Å². The van der Waals surface area contributed by atoms with E-state index < -0.39 is 0 Å². The highest BCUT2D eigenvalue weighted by molar-refractivity contribution is 7.09. The fourth-order valence-corrected chi connectivity index (χ4v) is 4.85. The van der Waals surface area contributed by atoms with E-state index in [1.807, 2.05) is 47.4 Å². The summed E-state index contributed by atoms with van der Waals surface area (Å²) in [5, 5.41) is 3.85. The average molecular weight is 480 g/mol. The van der Waals surface area contributed by atoms with Crippen molar-refractivity contribution in [1.29, 1.82) is 0 Å². The topological polar surface area (TPSA) is 70.6 Å². The molecular weight excluding hydrogens is 446 g/mol. The first-order chi connectivity index (χ1) is 16.7. The van der Waals surface area contributed by atoms with Crippen LogP contribution in [0.4, 0.5) is 5.13 Å². The molecule has 3 aromatic rings. The lowest BCUT2D eigenvalue weighted by molar-refractivity contribution is -0.119. The van der Waals surface area contributed by atoms with Gasteiger partial charge in [-0.1, -0.05) is 48.9 Å². The van der Waals surface area contributed by atoms with E-state index in [2.05, 4.69) is 26.7 Å². The molecule has 1 amide bonds. The molecule has 2 heterocycles. The van der Waals surface area contributed by atoms with E-state index in [-0.39, 0.29) is 12.5 Å². The molecule has 0 atom stereocenters. The fraction of sp³-hybridized carbons (Fsp3) is 0.423. The van der Waals surface area contributed by atoms with Crippen molar-refractivity contribution in [2.45, 2.75) is 32.2 Å². The Morgan fingerprint density at radius 3 is 2.68 bits per heavy atom. The van der Waals surface area contributed by atoms with Gasteiger partial charge < -0.3 is 19.9 Å². The van der Waals surface area contributed by atoms with Crippen molar-refractivity contribution in [2.75, 3.05) is 44.7 Å². The predicted octanol–water partition coefficient (Wildman–Crippen LogP) is 3.75. The maximum absolute atomic E-state index is 12.8. The lowest BCUT2D eigenvalue weighted by atomic mass is 10.1. The van der Waals surface area contributed by atoms with Crippen LogP contribution in [0.5, 0.6) is 5.75 Å². The summed E-state index contributed by atoms with van der Waals surface area (Å²) in [5.41, 5.74) is 2.22. The second kappa shape index (κ2) is 12.5. The number of likely N-dealkylation sites (tertiary alicyclic amines) is 1. The SMILES string of the molecule is COc1cccc(Cc2nsc(N(CC(=O)NCCN3CCCCC3)Cc3ccccc3)n2)c1. The molecule has 0 spiro atoms. The number of carbonyl (C=O) groups excluding carboxylic acids is 1. The Balaban J connectivity index is 1.39. The first-order valence-corrected chi connectivity index (χ1v) is 12.7. The highest BCUT2D eigenvalue weighted by atomic mass is 32.1. The summed E-state index contributed by atoms with van der Waals surface area (Å²) in [5.74, 6) is 1.58. The van der Waals surface area contributed by atoms with Crippen LogP contribution in [0, 0.1) is 0 Å². The second-order valence-electron chi connectivity index (χ2n) is 8.62. The Hall–Kier alpha value is -2.97. The van der Waals surface area contributed by atoms with Gasteiger partial charge in [0.15, 0.2) is 0 Å². The predicted molar refractivity (Wildman–Crippen MR) is 137 cm³/mol. The number of nitrogens with zero attached hydrogens (tertiary/aromatic N) is 4. The van der Waals surface area contributed by atoms with Crippen molar-refractivity contribution in [2.24, 2.45) is 0 Å². The van der Waals surface area contributed by atoms with Crippen molar-refractivity contribution in [3.8, 4) is 5.75 Å². The number of anilines is 1. The Morgan fingerprint density at radius 2 is 1.88 bits per heavy atom. The van der Waals surface area contributed by atoms with Crippen LogP contribution in [0.15, 0.2) is 54.6 Å². The zero-order chi connectivity index (χ0) is 23.6. The molecule has 0 bridgehead atoms.